The van der Waals surface area contributed by atoms with Crippen molar-refractivity contribution < 1.29 is 9.53 Å². The highest BCUT2D eigenvalue weighted by atomic mass is 79.9. The number of hydrogen-bond donors (Lipinski definition) is 3. The number of benzene rings is 1. The zero-order valence-electron chi connectivity index (χ0n) is 11.3. The molecule has 2 aromatic rings. The fourth-order valence-corrected chi connectivity index (χ4v) is 2.65. The van der Waals surface area contributed by atoms with E-state index in [1.807, 2.05) is 0 Å². The smallest absolute Gasteiger partial charge is 0.326 e. The van der Waals surface area contributed by atoms with Crippen molar-refractivity contribution in [3.63, 3.8) is 0 Å². The summed E-state index contributed by atoms with van der Waals surface area (Å²) in [5, 5.41) is 0. The van der Waals surface area contributed by atoms with E-state index in [0.29, 0.717) is 21.1 Å². The molecule has 1 atom stereocenters. The Balaban J connectivity index is 2.79. The number of nitrogens with one attached hydrogen (secondary N) is 2. The van der Waals surface area contributed by atoms with Gasteiger partial charge in [-0.2, -0.15) is 12.6 Å². The second kappa shape index (κ2) is 5.69. The molecule has 0 spiro atoms. The first-order valence-electron chi connectivity index (χ1n) is 6.13. The van der Waals surface area contributed by atoms with Crippen LogP contribution < -0.4 is 11.1 Å². The molecule has 0 saturated carbocycles. The molecule has 1 aromatic carbocycles. The number of fused-ring (bicyclic) bond motifs is 1. The minimum absolute atomic E-state index is 0.217. The highest BCUT2D eigenvalue weighted by molar-refractivity contribution is 9.10. The number of esters is 1. The van der Waals surface area contributed by atoms with Gasteiger partial charge in [0, 0.05) is 10.0 Å². The van der Waals surface area contributed by atoms with Crippen molar-refractivity contribution in [1.29, 1.82) is 0 Å². The van der Waals surface area contributed by atoms with Gasteiger partial charge in [0.15, 0.2) is 0 Å². The number of carbonyl (C=O) groups excluding carboxylic acids is 1. The number of halogens is 1. The van der Waals surface area contributed by atoms with E-state index in [2.05, 4.69) is 38.5 Å². The van der Waals surface area contributed by atoms with Gasteiger partial charge in [0.05, 0.1) is 17.6 Å². The maximum Gasteiger partial charge on any atom is 0.326 e. The van der Waals surface area contributed by atoms with E-state index in [1.165, 1.54) is 0 Å². The molecule has 112 valence electrons. The van der Waals surface area contributed by atoms with Gasteiger partial charge in [-0.05, 0) is 26.0 Å². The number of thiol groups is 1. The maximum absolute atomic E-state index is 12.1. The van der Waals surface area contributed by atoms with Gasteiger partial charge >= 0.3 is 17.1 Å². The van der Waals surface area contributed by atoms with Crippen LogP contribution in [-0.4, -0.2) is 22.5 Å². The van der Waals surface area contributed by atoms with E-state index >= 15 is 0 Å². The van der Waals surface area contributed by atoms with Gasteiger partial charge in [0.2, 0.25) is 0 Å². The Bertz CT molecular complexity index is 825. The zero-order chi connectivity index (χ0) is 15.8. The summed E-state index contributed by atoms with van der Waals surface area (Å²) in [6, 6.07) is 3.28. The van der Waals surface area contributed by atoms with Gasteiger partial charge in [0.1, 0.15) is 4.75 Å². The molecule has 0 bridgehead atoms. The van der Waals surface area contributed by atoms with E-state index < -0.39 is 21.8 Å². The summed E-state index contributed by atoms with van der Waals surface area (Å²) >= 11 is 7.69. The number of aromatic nitrogens is 2. The largest absolute Gasteiger partial charge is 0.465 e. The van der Waals surface area contributed by atoms with Gasteiger partial charge in [-0.25, -0.2) is 0 Å². The first-order chi connectivity index (χ1) is 9.77. The molecule has 0 aliphatic carbocycles. The van der Waals surface area contributed by atoms with Crippen molar-refractivity contribution in [2.75, 3.05) is 6.61 Å². The third-order valence-corrected chi connectivity index (χ3v) is 3.87. The first kappa shape index (κ1) is 15.8. The van der Waals surface area contributed by atoms with Crippen LogP contribution >= 0.6 is 28.6 Å². The highest BCUT2D eigenvalue weighted by Crippen LogP contribution is 2.35. The minimum atomic E-state index is -1.28. The number of rotatable bonds is 3. The number of carbonyl (C=O) groups is 1. The predicted molar refractivity (Wildman–Crippen MR) is 85.9 cm³/mol. The lowest BCUT2D eigenvalue weighted by molar-refractivity contribution is -0.145. The molecule has 1 unspecified atom stereocenters. The lowest BCUT2D eigenvalue weighted by Gasteiger charge is -2.23. The van der Waals surface area contributed by atoms with Crippen molar-refractivity contribution in [2.45, 2.75) is 18.6 Å². The summed E-state index contributed by atoms with van der Waals surface area (Å²) in [4.78, 5) is 40.0. The van der Waals surface area contributed by atoms with Crippen molar-refractivity contribution >= 4 is 45.6 Å². The monoisotopic (exact) mass is 372 g/mol. The van der Waals surface area contributed by atoms with Crippen molar-refractivity contribution in [1.82, 2.24) is 9.97 Å². The third kappa shape index (κ3) is 2.91. The Hall–Kier alpha value is -1.54. The highest BCUT2D eigenvalue weighted by Gasteiger charge is 2.35. The molecule has 0 radical (unpaired) electrons. The summed E-state index contributed by atoms with van der Waals surface area (Å²) in [6.07, 6.45) is 0. The Labute approximate surface area is 133 Å². The standard InChI is InChI=1S/C13H13BrN2O4S/c1-3-20-12(19)13(2,21)7-4-6(14)5-8-9(7)16-11(18)10(17)15-8/h4-5,21H,3H2,1-2H3,(H,15,17)(H,16,18). The number of ether oxygens (including phenoxy) is 1. The van der Waals surface area contributed by atoms with E-state index in [1.54, 1.807) is 26.0 Å². The fourth-order valence-electron chi connectivity index (χ4n) is 1.96. The van der Waals surface area contributed by atoms with Crippen LogP contribution in [0.4, 0.5) is 0 Å². The van der Waals surface area contributed by atoms with Crippen LogP contribution in [0, 0.1) is 0 Å². The zero-order valence-corrected chi connectivity index (χ0v) is 13.8. The van der Waals surface area contributed by atoms with Crippen LogP contribution in [0.15, 0.2) is 26.2 Å². The maximum atomic E-state index is 12.1. The molecule has 1 aromatic heterocycles. The van der Waals surface area contributed by atoms with E-state index in [-0.39, 0.29) is 6.61 Å². The third-order valence-electron chi connectivity index (χ3n) is 2.99. The SMILES string of the molecule is CCOC(=O)C(C)(S)c1cc(Br)cc2[nH]c(=O)c(=O)[nH]c12. The van der Waals surface area contributed by atoms with Crippen LogP contribution in [0.1, 0.15) is 19.4 Å². The van der Waals surface area contributed by atoms with Gasteiger partial charge in [-0.1, -0.05) is 15.9 Å². The molecule has 0 aliphatic heterocycles. The molecular formula is C13H13BrN2O4S. The topological polar surface area (TPSA) is 92.0 Å². The molecule has 0 saturated heterocycles. The van der Waals surface area contributed by atoms with Crippen LogP contribution in [0.2, 0.25) is 0 Å². The van der Waals surface area contributed by atoms with Crippen LogP contribution in [0.3, 0.4) is 0 Å². The first-order valence-corrected chi connectivity index (χ1v) is 7.37. The summed E-state index contributed by atoms with van der Waals surface area (Å²) in [6.45, 7) is 3.48. The van der Waals surface area contributed by atoms with E-state index in [4.69, 9.17) is 4.74 Å². The summed E-state index contributed by atoms with van der Waals surface area (Å²) in [5.74, 6) is -0.542. The summed E-state index contributed by atoms with van der Waals surface area (Å²) in [7, 11) is 0. The predicted octanol–water partition coefficient (Wildman–Crippen LogP) is 1.69. The van der Waals surface area contributed by atoms with Gasteiger partial charge in [0.25, 0.3) is 0 Å². The van der Waals surface area contributed by atoms with Gasteiger partial charge in [-0.15, -0.1) is 0 Å². The molecule has 0 fully saturated rings. The number of hydrogen-bond acceptors (Lipinski definition) is 5. The van der Waals surface area contributed by atoms with E-state index in [9.17, 15) is 14.4 Å². The van der Waals surface area contributed by atoms with Crippen LogP contribution in [0.5, 0.6) is 0 Å². The average molecular weight is 373 g/mol. The molecular weight excluding hydrogens is 360 g/mol. The Morgan fingerprint density at radius 1 is 1.33 bits per heavy atom. The molecule has 21 heavy (non-hydrogen) atoms. The lowest BCUT2D eigenvalue weighted by Crippen LogP contribution is -2.32. The second-order valence-corrected chi connectivity index (χ2v) is 6.39. The number of H-pyrrole nitrogens is 2. The average Bonchev–Trinajstić information content (AvgIpc) is 2.40. The van der Waals surface area contributed by atoms with Crippen molar-refractivity contribution in [3.8, 4) is 0 Å². The molecule has 0 aliphatic rings. The molecule has 6 nitrogen and oxygen atoms in total. The lowest BCUT2D eigenvalue weighted by atomic mass is 9.98. The van der Waals surface area contributed by atoms with Crippen LogP contribution in [-0.2, 0) is 14.3 Å². The number of aromatic amines is 2. The summed E-state index contributed by atoms with van der Waals surface area (Å²) in [5.41, 5.74) is -0.383. The molecule has 0 amide bonds. The quantitative estimate of drug-likeness (QED) is 0.434. The normalized spacial score (nSPS) is 13.9. The van der Waals surface area contributed by atoms with Gasteiger partial charge in [-0.3, -0.25) is 14.4 Å². The summed E-state index contributed by atoms with van der Waals surface area (Å²) < 4.78 is 4.37. The van der Waals surface area contributed by atoms with Gasteiger partial charge < -0.3 is 14.7 Å². The Kier molecular flexibility index (Phi) is 4.29. The molecule has 2 rings (SSSR count). The Morgan fingerprint density at radius 3 is 2.57 bits per heavy atom. The molecule has 1 heterocycles. The van der Waals surface area contributed by atoms with Crippen LogP contribution in [0.25, 0.3) is 11.0 Å². The molecule has 2 N–H and O–H groups in total. The minimum Gasteiger partial charge on any atom is -0.465 e. The van der Waals surface area contributed by atoms with Crippen molar-refractivity contribution in [2.24, 2.45) is 0 Å². The fraction of sp³-hybridized carbons (Fsp3) is 0.308. The second-order valence-electron chi connectivity index (χ2n) is 4.58. The Morgan fingerprint density at radius 2 is 1.95 bits per heavy atom. The van der Waals surface area contributed by atoms with E-state index in [0.717, 1.165) is 0 Å². The molecule has 8 heteroatoms. The van der Waals surface area contributed by atoms with Crippen molar-refractivity contribution in [3.05, 3.63) is 42.9 Å².